The zero-order valence-electron chi connectivity index (χ0n) is 9.07. The molecule has 1 aromatic heterocycles. The van der Waals surface area contributed by atoms with Crippen LogP contribution in [0.2, 0.25) is 0 Å². The number of hydrogen-bond donors (Lipinski definition) is 1. The van der Waals surface area contributed by atoms with E-state index < -0.39 is 0 Å². The van der Waals surface area contributed by atoms with Gasteiger partial charge in [0, 0.05) is 10.0 Å². The van der Waals surface area contributed by atoms with Crippen LogP contribution in [0.3, 0.4) is 0 Å². The molecule has 2 rings (SSSR count). The van der Waals surface area contributed by atoms with Gasteiger partial charge in [-0.3, -0.25) is 4.79 Å². The van der Waals surface area contributed by atoms with Crippen molar-refractivity contribution >= 4 is 38.7 Å². The van der Waals surface area contributed by atoms with Gasteiger partial charge >= 0.3 is 0 Å². The summed E-state index contributed by atoms with van der Waals surface area (Å²) in [4.78, 5) is 12.8. The normalized spacial score (nSPS) is 10.2. The number of methoxy groups -OCH3 is 1. The van der Waals surface area contributed by atoms with Gasteiger partial charge in [-0.15, -0.1) is 11.3 Å². The molecule has 2 N–H and O–H groups in total. The molecule has 0 unspecified atom stereocenters. The van der Waals surface area contributed by atoms with Crippen molar-refractivity contribution in [3.63, 3.8) is 0 Å². The Morgan fingerprint density at radius 3 is 2.71 bits per heavy atom. The minimum absolute atomic E-state index is 0.0405. The molecule has 0 saturated heterocycles. The summed E-state index contributed by atoms with van der Waals surface area (Å²) < 4.78 is 5.86. The molecule has 0 radical (unpaired) electrons. The highest BCUT2D eigenvalue weighted by Gasteiger charge is 2.15. The maximum absolute atomic E-state index is 12.2. The predicted octanol–water partition coefficient (Wildman–Crippen LogP) is 3.33. The number of hydrogen-bond acceptors (Lipinski definition) is 4. The SMILES string of the molecule is COc1ccc(C(=O)c2sccc2Br)cc1N. The lowest BCUT2D eigenvalue weighted by Crippen LogP contribution is -2.01. The molecular weight excluding hydrogens is 302 g/mol. The van der Waals surface area contributed by atoms with Crippen LogP contribution < -0.4 is 10.5 Å². The molecule has 0 saturated carbocycles. The first-order valence-corrected chi connectivity index (χ1v) is 6.52. The Morgan fingerprint density at radius 1 is 1.41 bits per heavy atom. The summed E-state index contributed by atoms with van der Waals surface area (Å²) in [6.45, 7) is 0. The Labute approximate surface area is 111 Å². The topological polar surface area (TPSA) is 52.3 Å². The maximum Gasteiger partial charge on any atom is 0.204 e. The van der Waals surface area contributed by atoms with Gasteiger partial charge in [0.2, 0.25) is 5.78 Å². The number of carbonyl (C=O) groups excluding carboxylic acids is 1. The van der Waals surface area contributed by atoms with Crippen LogP contribution in [0.4, 0.5) is 5.69 Å². The molecule has 2 aromatic rings. The minimum Gasteiger partial charge on any atom is -0.495 e. The van der Waals surface area contributed by atoms with Gasteiger partial charge in [0.1, 0.15) is 5.75 Å². The first-order valence-electron chi connectivity index (χ1n) is 4.84. The van der Waals surface area contributed by atoms with Crippen molar-refractivity contribution in [2.45, 2.75) is 0 Å². The van der Waals surface area contributed by atoms with Crippen molar-refractivity contribution < 1.29 is 9.53 Å². The van der Waals surface area contributed by atoms with Crippen molar-refractivity contribution in [3.8, 4) is 5.75 Å². The average Bonchev–Trinajstić information content (AvgIpc) is 2.74. The van der Waals surface area contributed by atoms with Gasteiger partial charge in [0.25, 0.3) is 0 Å². The van der Waals surface area contributed by atoms with E-state index >= 15 is 0 Å². The summed E-state index contributed by atoms with van der Waals surface area (Å²) in [6.07, 6.45) is 0. The maximum atomic E-state index is 12.2. The summed E-state index contributed by atoms with van der Waals surface area (Å²) >= 11 is 4.74. The van der Waals surface area contributed by atoms with Crippen molar-refractivity contribution in [2.75, 3.05) is 12.8 Å². The molecule has 0 aliphatic carbocycles. The third-order valence-corrected chi connectivity index (χ3v) is 4.15. The highest BCUT2D eigenvalue weighted by molar-refractivity contribution is 9.10. The van der Waals surface area contributed by atoms with E-state index in [2.05, 4.69) is 15.9 Å². The number of ketones is 1. The predicted molar refractivity (Wildman–Crippen MR) is 72.9 cm³/mol. The standard InChI is InChI=1S/C12H10BrNO2S/c1-16-10-3-2-7(6-9(10)14)11(15)12-8(13)4-5-17-12/h2-6H,14H2,1H3. The molecule has 0 aliphatic heterocycles. The summed E-state index contributed by atoms with van der Waals surface area (Å²) in [6, 6.07) is 6.89. The lowest BCUT2D eigenvalue weighted by molar-refractivity contribution is 0.104. The van der Waals surface area contributed by atoms with E-state index in [9.17, 15) is 4.79 Å². The zero-order chi connectivity index (χ0) is 12.4. The lowest BCUT2D eigenvalue weighted by Gasteiger charge is -2.06. The van der Waals surface area contributed by atoms with Crippen LogP contribution >= 0.6 is 27.3 Å². The van der Waals surface area contributed by atoms with Gasteiger partial charge in [-0.05, 0) is 45.6 Å². The van der Waals surface area contributed by atoms with E-state index in [4.69, 9.17) is 10.5 Å². The molecule has 17 heavy (non-hydrogen) atoms. The van der Waals surface area contributed by atoms with Crippen LogP contribution in [-0.4, -0.2) is 12.9 Å². The number of thiophene rings is 1. The summed E-state index contributed by atoms with van der Waals surface area (Å²) in [7, 11) is 1.54. The number of carbonyl (C=O) groups is 1. The number of ether oxygens (including phenoxy) is 1. The lowest BCUT2D eigenvalue weighted by atomic mass is 10.1. The Kier molecular flexibility index (Phi) is 3.49. The number of halogens is 1. The van der Waals surface area contributed by atoms with Crippen LogP contribution in [0, 0.1) is 0 Å². The van der Waals surface area contributed by atoms with Gasteiger partial charge < -0.3 is 10.5 Å². The van der Waals surface area contributed by atoms with E-state index in [0.29, 0.717) is 21.9 Å². The number of rotatable bonds is 3. The zero-order valence-corrected chi connectivity index (χ0v) is 11.5. The number of nitrogens with two attached hydrogens (primary N) is 1. The fraction of sp³-hybridized carbons (Fsp3) is 0.0833. The monoisotopic (exact) mass is 311 g/mol. The summed E-state index contributed by atoms with van der Waals surface area (Å²) in [5.74, 6) is 0.535. The first-order chi connectivity index (χ1) is 8.13. The Bertz CT molecular complexity index is 565. The smallest absolute Gasteiger partial charge is 0.204 e. The molecule has 1 aromatic carbocycles. The molecule has 3 nitrogen and oxygen atoms in total. The van der Waals surface area contributed by atoms with Gasteiger partial charge in [-0.25, -0.2) is 0 Å². The van der Waals surface area contributed by atoms with Crippen LogP contribution in [-0.2, 0) is 0 Å². The molecule has 0 bridgehead atoms. The Hall–Kier alpha value is -1.33. The second-order valence-corrected chi connectivity index (χ2v) is 5.15. The second kappa shape index (κ2) is 4.89. The Balaban J connectivity index is 2.39. The third kappa shape index (κ3) is 2.35. The van der Waals surface area contributed by atoms with Crippen molar-refractivity contribution in [3.05, 3.63) is 44.6 Å². The average molecular weight is 312 g/mol. The van der Waals surface area contributed by atoms with Crippen LogP contribution in [0.1, 0.15) is 15.2 Å². The van der Waals surface area contributed by atoms with E-state index in [0.717, 1.165) is 4.47 Å². The molecule has 0 fully saturated rings. The Morgan fingerprint density at radius 2 is 2.18 bits per heavy atom. The van der Waals surface area contributed by atoms with Crippen molar-refractivity contribution in [1.29, 1.82) is 0 Å². The fourth-order valence-corrected chi connectivity index (χ4v) is 2.98. The van der Waals surface area contributed by atoms with E-state index in [-0.39, 0.29) is 5.78 Å². The molecule has 5 heteroatoms. The highest BCUT2D eigenvalue weighted by atomic mass is 79.9. The second-order valence-electron chi connectivity index (χ2n) is 3.38. The molecule has 88 valence electrons. The fourth-order valence-electron chi connectivity index (χ4n) is 1.46. The number of anilines is 1. The van der Waals surface area contributed by atoms with Gasteiger partial charge in [-0.1, -0.05) is 0 Å². The molecule has 1 heterocycles. The molecule has 0 amide bonds. The minimum atomic E-state index is -0.0405. The van der Waals surface area contributed by atoms with E-state index in [1.165, 1.54) is 11.3 Å². The van der Waals surface area contributed by atoms with Crippen molar-refractivity contribution in [2.24, 2.45) is 0 Å². The van der Waals surface area contributed by atoms with Crippen LogP contribution in [0.15, 0.2) is 34.1 Å². The van der Waals surface area contributed by atoms with Crippen LogP contribution in [0.25, 0.3) is 0 Å². The largest absolute Gasteiger partial charge is 0.495 e. The number of nitrogen functional groups attached to an aromatic ring is 1. The quantitative estimate of drug-likeness (QED) is 0.698. The number of benzene rings is 1. The third-order valence-electron chi connectivity index (χ3n) is 2.32. The van der Waals surface area contributed by atoms with Crippen molar-refractivity contribution in [1.82, 2.24) is 0 Å². The summed E-state index contributed by atoms with van der Waals surface area (Å²) in [5, 5.41) is 1.87. The molecule has 0 atom stereocenters. The van der Waals surface area contributed by atoms with Crippen LogP contribution in [0.5, 0.6) is 5.75 Å². The summed E-state index contributed by atoms with van der Waals surface area (Å²) in [5.41, 5.74) is 6.80. The van der Waals surface area contributed by atoms with Gasteiger partial charge in [0.15, 0.2) is 0 Å². The molecule has 0 spiro atoms. The first kappa shape index (κ1) is 12.1. The van der Waals surface area contributed by atoms with E-state index in [1.54, 1.807) is 25.3 Å². The highest BCUT2D eigenvalue weighted by Crippen LogP contribution is 2.28. The molecule has 0 aliphatic rings. The van der Waals surface area contributed by atoms with Gasteiger partial charge in [-0.2, -0.15) is 0 Å². The van der Waals surface area contributed by atoms with Gasteiger partial charge in [0.05, 0.1) is 17.7 Å². The molecular formula is C12H10BrNO2S. The van der Waals surface area contributed by atoms with E-state index in [1.807, 2.05) is 11.4 Å².